The summed E-state index contributed by atoms with van der Waals surface area (Å²) in [4.78, 5) is 16.6. The molecule has 2 aromatic carbocycles. The molecule has 1 amide bonds. The molecule has 0 unspecified atom stereocenters. The van der Waals surface area contributed by atoms with Crippen molar-refractivity contribution in [3.8, 4) is 5.75 Å². The fourth-order valence-corrected chi connectivity index (χ4v) is 3.47. The Bertz CT molecular complexity index is 1080. The summed E-state index contributed by atoms with van der Waals surface area (Å²) in [5.41, 5.74) is 1.28. The van der Waals surface area contributed by atoms with E-state index >= 15 is 0 Å². The third-order valence-corrected chi connectivity index (χ3v) is 5.96. The minimum atomic E-state index is -3.51. The number of hydrogen-bond acceptors (Lipinski definition) is 5. The molecule has 8 heteroatoms. The van der Waals surface area contributed by atoms with Crippen LogP contribution >= 0.6 is 0 Å². The number of rotatable bonds is 7. The van der Waals surface area contributed by atoms with Crippen LogP contribution in [0, 0.1) is 0 Å². The van der Waals surface area contributed by atoms with Crippen LogP contribution in [0.3, 0.4) is 0 Å². The van der Waals surface area contributed by atoms with Gasteiger partial charge < -0.3 is 10.1 Å². The molecule has 3 rings (SSSR count). The van der Waals surface area contributed by atoms with E-state index in [1.54, 1.807) is 6.20 Å². The summed E-state index contributed by atoms with van der Waals surface area (Å²) in [5, 5.41) is 3.73. The van der Waals surface area contributed by atoms with E-state index in [1.165, 1.54) is 38.4 Å². The molecule has 0 saturated carbocycles. The number of ether oxygens (including phenoxy) is 1. The molecule has 0 aliphatic heterocycles. The fourth-order valence-electron chi connectivity index (χ4n) is 2.57. The number of nitrogens with one attached hydrogen (secondary N) is 1. The molecular weight excluding hydrogens is 378 g/mol. The van der Waals surface area contributed by atoms with Gasteiger partial charge in [0.15, 0.2) is 0 Å². The predicted molar refractivity (Wildman–Crippen MR) is 107 cm³/mol. The lowest BCUT2D eigenvalue weighted by molar-refractivity contribution is 0.0947. The van der Waals surface area contributed by atoms with Crippen LogP contribution in [0.5, 0.6) is 5.75 Å². The van der Waals surface area contributed by atoms with Crippen LogP contribution in [-0.4, -0.2) is 50.9 Å². The van der Waals surface area contributed by atoms with Gasteiger partial charge in [-0.2, -0.15) is 0 Å². The Morgan fingerprint density at radius 1 is 1.11 bits per heavy atom. The molecular formula is C20H21N3O4S. The number of carbonyl (C=O) groups is 1. The standard InChI is InChI=1S/C20H21N3O4S/c1-23(2)28(25,26)18-8-5-15(6-9-18)20(24)22-12-13-27-17-7-10-19-16(14-17)4-3-11-21-19/h3-11,14H,12-13H2,1-2H3,(H,22,24). The van der Waals surface area contributed by atoms with Crippen molar-refractivity contribution in [1.82, 2.24) is 14.6 Å². The van der Waals surface area contributed by atoms with Crippen molar-refractivity contribution in [2.75, 3.05) is 27.2 Å². The maximum atomic E-state index is 12.2. The number of fused-ring (bicyclic) bond motifs is 1. The van der Waals surface area contributed by atoms with Crippen LogP contribution in [0.15, 0.2) is 65.7 Å². The average molecular weight is 399 g/mol. The smallest absolute Gasteiger partial charge is 0.251 e. The molecule has 0 spiro atoms. The normalized spacial score (nSPS) is 11.5. The molecule has 7 nitrogen and oxygen atoms in total. The maximum Gasteiger partial charge on any atom is 0.251 e. The summed E-state index contributed by atoms with van der Waals surface area (Å²) in [6.45, 7) is 0.631. The number of hydrogen-bond donors (Lipinski definition) is 1. The first kappa shape index (κ1) is 19.8. The van der Waals surface area contributed by atoms with Crippen LogP contribution in [-0.2, 0) is 10.0 Å². The summed E-state index contributed by atoms with van der Waals surface area (Å²) in [6.07, 6.45) is 1.74. The van der Waals surface area contributed by atoms with Crippen molar-refractivity contribution in [3.63, 3.8) is 0 Å². The van der Waals surface area contributed by atoms with Gasteiger partial charge in [0.25, 0.3) is 5.91 Å². The molecule has 1 aromatic heterocycles. The van der Waals surface area contributed by atoms with Crippen LogP contribution in [0.4, 0.5) is 0 Å². The molecule has 0 saturated heterocycles. The first-order valence-electron chi connectivity index (χ1n) is 8.66. The Kier molecular flexibility index (Phi) is 5.91. The number of sulfonamides is 1. The van der Waals surface area contributed by atoms with Gasteiger partial charge in [0.2, 0.25) is 10.0 Å². The number of aromatic nitrogens is 1. The zero-order valence-corrected chi connectivity index (χ0v) is 16.4. The maximum absolute atomic E-state index is 12.2. The molecule has 1 N–H and O–H groups in total. The summed E-state index contributed by atoms with van der Waals surface area (Å²) in [6, 6.07) is 15.2. The summed E-state index contributed by atoms with van der Waals surface area (Å²) in [5.74, 6) is 0.410. The molecule has 0 fully saturated rings. The lowest BCUT2D eigenvalue weighted by atomic mass is 10.2. The topological polar surface area (TPSA) is 88.6 Å². The molecule has 1 heterocycles. The van der Waals surface area contributed by atoms with Crippen molar-refractivity contribution < 1.29 is 17.9 Å². The van der Waals surface area contributed by atoms with E-state index in [1.807, 2.05) is 30.3 Å². The summed E-state index contributed by atoms with van der Waals surface area (Å²) in [7, 11) is -0.589. The second-order valence-electron chi connectivity index (χ2n) is 6.27. The molecule has 3 aromatic rings. The van der Waals surface area contributed by atoms with Gasteiger partial charge in [-0.3, -0.25) is 9.78 Å². The predicted octanol–water partition coefficient (Wildman–Crippen LogP) is 2.29. The van der Waals surface area contributed by atoms with E-state index in [9.17, 15) is 13.2 Å². The first-order chi connectivity index (χ1) is 13.4. The molecule has 0 bridgehead atoms. The van der Waals surface area contributed by atoms with Crippen molar-refractivity contribution in [1.29, 1.82) is 0 Å². The van der Waals surface area contributed by atoms with Gasteiger partial charge in [0.1, 0.15) is 12.4 Å². The zero-order chi connectivity index (χ0) is 20.1. The monoisotopic (exact) mass is 399 g/mol. The Hall–Kier alpha value is -2.97. The van der Waals surface area contributed by atoms with Gasteiger partial charge in [-0.1, -0.05) is 6.07 Å². The number of pyridine rings is 1. The van der Waals surface area contributed by atoms with Gasteiger partial charge in [-0.25, -0.2) is 12.7 Å². The Morgan fingerprint density at radius 2 is 1.86 bits per heavy atom. The van der Waals surface area contributed by atoms with Gasteiger partial charge in [0.05, 0.1) is 17.0 Å². The number of nitrogens with zero attached hydrogens (tertiary/aromatic N) is 2. The lowest BCUT2D eigenvalue weighted by Gasteiger charge is -2.12. The summed E-state index contributed by atoms with van der Waals surface area (Å²) < 4.78 is 30.9. The number of benzene rings is 2. The zero-order valence-electron chi connectivity index (χ0n) is 15.6. The second-order valence-corrected chi connectivity index (χ2v) is 8.43. The van der Waals surface area contributed by atoms with Crippen molar-refractivity contribution in [3.05, 3.63) is 66.4 Å². The van der Waals surface area contributed by atoms with Gasteiger partial charge in [0, 0.05) is 31.2 Å². The number of carbonyl (C=O) groups excluding carboxylic acids is 1. The van der Waals surface area contributed by atoms with E-state index < -0.39 is 10.0 Å². The molecule has 28 heavy (non-hydrogen) atoms. The molecule has 0 atom stereocenters. The van der Waals surface area contributed by atoms with E-state index in [4.69, 9.17) is 4.74 Å². The van der Waals surface area contributed by atoms with Crippen LogP contribution in [0.1, 0.15) is 10.4 Å². The Morgan fingerprint density at radius 3 is 2.57 bits per heavy atom. The molecule has 0 radical (unpaired) electrons. The summed E-state index contributed by atoms with van der Waals surface area (Å²) >= 11 is 0. The first-order valence-corrected chi connectivity index (χ1v) is 10.1. The van der Waals surface area contributed by atoms with E-state index in [0.717, 1.165) is 15.2 Å². The van der Waals surface area contributed by atoms with Crippen LogP contribution in [0.25, 0.3) is 10.9 Å². The van der Waals surface area contributed by atoms with Gasteiger partial charge in [-0.15, -0.1) is 0 Å². The van der Waals surface area contributed by atoms with Crippen molar-refractivity contribution in [2.45, 2.75) is 4.90 Å². The highest BCUT2D eigenvalue weighted by molar-refractivity contribution is 7.89. The van der Waals surface area contributed by atoms with Gasteiger partial charge in [-0.05, 0) is 48.5 Å². The molecule has 0 aliphatic carbocycles. The third-order valence-electron chi connectivity index (χ3n) is 4.13. The highest BCUT2D eigenvalue weighted by atomic mass is 32.2. The van der Waals surface area contributed by atoms with E-state index in [-0.39, 0.29) is 10.8 Å². The average Bonchev–Trinajstić information content (AvgIpc) is 2.71. The number of amides is 1. The Labute approximate surface area is 164 Å². The van der Waals surface area contributed by atoms with Crippen LogP contribution < -0.4 is 10.1 Å². The fraction of sp³-hybridized carbons (Fsp3) is 0.200. The van der Waals surface area contributed by atoms with Crippen LogP contribution in [0.2, 0.25) is 0 Å². The van der Waals surface area contributed by atoms with Crippen molar-refractivity contribution in [2.24, 2.45) is 0 Å². The largest absolute Gasteiger partial charge is 0.492 e. The third kappa shape index (κ3) is 4.47. The highest BCUT2D eigenvalue weighted by Crippen LogP contribution is 2.18. The Balaban J connectivity index is 1.52. The van der Waals surface area contributed by atoms with E-state index in [2.05, 4.69) is 10.3 Å². The lowest BCUT2D eigenvalue weighted by Crippen LogP contribution is -2.28. The highest BCUT2D eigenvalue weighted by Gasteiger charge is 2.17. The van der Waals surface area contributed by atoms with Gasteiger partial charge >= 0.3 is 0 Å². The van der Waals surface area contributed by atoms with Crippen molar-refractivity contribution >= 4 is 26.8 Å². The second kappa shape index (κ2) is 8.37. The quantitative estimate of drug-likeness (QED) is 0.616. The minimum Gasteiger partial charge on any atom is -0.492 e. The minimum absolute atomic E-state index is 0.142. The SMILES string of the molecule is CN(C)S(=O)(=O)c1ccc(C(=O)NCCOc2ccc3ncccc3c2)cc1. The van der Waals surface area contributed by atoms with E-state index in [0.29, 0.717) is 24.5 Å². The molecule has 146 valence electrons. The molecule has 0 aliphatic rings.